The number of nitrogens with one attached hydrogen (secondary N) is 1. The fraction of sp³-hybridized carbons (Fsp3) is 0.417. The Kier molecular flexibility index (Phi) is 5.28. The van der Waals surface area contributed by atoms with Crippen molar-refractivity contribution in [1.82, 2.24) is 10.2 Å². The highest BCUT2D eigenvalue weighted by atomic mass is 79.9. The molecule has 2 amide bonds. The number of nitrogens with zero attached hydrogens (tertiary/aromatic N) is 1. The van der Waals surface area contributed by atoms with Crippen LogP contribution in [0.3, 0.4) is 0 Å². The highest BCUT2D eigenvalue weighted by molar-refractivity contribution is 9.10. The van der Waals surface area contributed by atoms with Crippen molar-refractivity contribution in [1.29, 1.82) is 0 Å². The van der Waals surface area contributed by atoms with Crippen LogP contribution in [-0.4, -0.2) is 38.7 Å². The average molecular weight is 301 g/mol. The molecule has 0 bridgehead atoms. The van der Waals surface area contributed by atoms with Crippen LogP contribution in [0.2, 0.25) is 0 Å². The predicted molar refractivity (Wildman–Crippen MR) is 71.5 cm³/mol. The van der Waals surface area contributed by atoms with Crippen LogP contribution in [-0.2, 0) is 6.42 Å². The maximum absolute atomic E-state index is 11.3. The summed E-state index contributed by atoms with van der Waals surface area (Å²) in [4.78, 5) is 12.9. The lowest BCUT2D eigenvalue weighted by Gasteiger charge is -2.16. The molecule has 0 aliphatic heterocycles. The number of hydrogen-bond donors (Lipinski definition) is 1. The van der Waals surface area contributed by atoms with Gasteiger partial charge in [-0.05, 0) is 40.0 Å². The fourth-order valence-corrected chi connectivity index (χ4v) is 2.04. The van der Waals surface area contributed by atoms with Crippen LogP contribution >= 0.6 is 15.9 Å². The molecule has 0 aliphatic carbocycles. The van der Waals surface area contributed by atoms with Crippen molar-refractivity contribution in [3.63, 3.8) is 0 Å². The number of urea groups is 1. The molecule has 0 saturated heterocycles. The molecule has 0 aromatic heterocycles. The van der Waals surface area contributed by atoms with Gasteiger partial charge in [0, 0.05) is 20.6 Å². The highest BCUT2D eigenvalue weighted by Gasteiger charge is 2.06. The molecule has 1 N–H and O–H groups in total. The molecule has 0 atom stereocenters. The van der Waals surface area contributed by atoms with E-state index in [4.69, 9.17) is 4.74 Å². The van der Waals surface area contributed by atoms with Crippen molar-refractivity contribution >= 4 is 22.0 Å². The molecule has 0 aliphatic rings. The SMILES string of the molecule is CNC(=O)N(C)CCc1ccc(OC)c(Br)c1. The number of carbonyl (C=O) groups is 1. The van der Waals surface area contributed by atoms with Crippen molar-refractivity contribution in [3.8, 4) is 5.75 Å². The number of rotatable bonds is 4. The number of hydrogen-bond acceptors (Lipinski definition) is 2. The molecule has 5 heteroatoms. The minimum atomic E-state index is -0.0717. The number of likely N-dealkylation sites (N-methyl/N-ethyl adjacent to an activating group) is 1. The van der Waals surface area contributed by atoms with Gasteiger partial charge in [0.2, 0.25) is 0 Å². The third-order valence-electron chi connectivity index (χ3n) is 2.51. The van der Waals surface area contributed by atoms with E-state index in [1.807, 2.05) is 18.2 Å². The van der Waals surface area contributed by atoms with Crippen molar-refractivity contribution < 1.29 is 9.53 Å². The zero-order valence-electron chi connectivity index (χ0n) is 10.3. The molecule has 0 saturated carbocycles. The Hall–Kier alpha value is -1.23. The van der Waals surface area contributed by atoms with Crippen molar-refractivity contribution in [2.24, 2.45) is 0 Å². The van der Waals surface area contributed by atoms with Gasteiger partial charge in [-0.15, -0.1) is 0 Å². The van der Waals surface area contributed by atoms with E-state index in [2.05, 4.69) is 21.2 Å². The Morgan fingerprint density at radius 2 is 2.24 bits per heavy atom. The summed E-state index contributed by atoms with van der Waals surface area (Å²) < 4.78 is 6.09. The van der Waals surface area contributed by atoms with E-state index in [1.165, 1.54) is 0 Å². The standard InChI is InChI=1S/C12H17BrN2O2/c1-14-12(16)15(2)7-6-9-4-5-11(17-3)10(13)8-9/h4-5,8H,6-7H2,1-3H3,(H,14,16). The number of benzene rings is 1. The van der Waals surface area contributed by atoms with Gasteiger partial charge in [-0.2, -0.15) is 0 Å². The van der Waals surface area contributed by atoms with E-state index in [1.54, 1.807) is 26.1 Å². The number of carbonyl (C=O) groups excluding carboxylic acids is 1. The highest BCUT2D eigenvalue weighted by Crippen LogP contribution is 2.25. The number of amides is 2. The summed E-state index contributed by atoms with van der Waals surface area (Å²) in [5.74, 6) is 0.813. The van der Waals surface area contributed by atoms with Gasteiger partial charge in [0.05, 0.1) is 11.6 Å². The fourth-order valence-electron chi connectivity index (χ4n) is 1.45. The summed E-state index contributed by atoms with van der Waals surface area (Å²) in [6.45, 7) is 0.679. The molecular formula is C12H17BrN2O2. The molecule has 1 aromatic carbocycles. The monoisotopic (exact) mass is 300 g/mol. The smallest absolute Gasteiger partial charge is 0.316 e. The molecule has 0 spiro atoms. The zero-order valence-corrected chi connectivity index (χ0v) is 11.9. The average Bonchev–Trinajstić information content (AvgIpc) is 2.35. The molecule has 17 heavy (non-hydrogen) atoms. The molecule has 1 rings (SSSR count). The maximum atomic E-state index is 11.3. The molecule has 0 fully saturated rings. The second-order valence-corrected chi connectivity index (χ2v) is 4.55. The van der Waals surface area contributed by atoms with Crippen LogP contribution in [0.15, 0.2) is 22.7 Å². The van der Waals surface area contributed by atoms with E-state index < -0.39 is 0 Å². The van der Waals surface area contributed by atoms with Crippen LogP contribution in [0.4, 0.5) is 4.79 Å². The normalized spacial score (nSPS) is 9.88. The van der Waals surface area contributed by atoms with E-state index in [9.17, 15) is 4.79 Å². The second-order valence-electron chi connectivity index (χ2n) is 3.70. The third kappa shape index (κ3) is 3.93. The number of ether oxygens (including phenoxy) is 1. The topological polar surface area (TPSA) is 41.6 Å². The van der Waals surface area contributed by atoms with E-state index >= 15 is 0 Å². The molecule has 0 heterocycles. The Morgan fingerprint density at radius 1 is 1.53 bits per heavy atom. The summed E-state index contributed by atoms with van der Waals surface area (Å²) in [6, 6.07) is 5.86. The molecule has 0 radical (unpaired) electrons. The van der Waals surface area contributed by atoms with Crippen LogP contribution in [0, 0.1) is 0 Å². The minimum absolute atomic E-state index is 0.0717. The number of halogens is 1. The number of methoxy groups -OCH3 is 1. The summed E-state index contributed by atoms with van der Waals surface area (Å²) in [7, 11) is 5.04. The predicted octanol–water partition coefficient (Wildman–Crippen LogP) is 2.27. The Bertz CT molecular complexity index is 396. The zero-order chi connectivity index (χ0) is 12.8. The van der Waals surface area contributed by atoms with E-state index in [-0.39, 0.29) is 6.03 Å². The van der Waals surface area contributed by atoms with Gasteiger partial charge in [0.25, 0.3) is 0 Å². The molecular weight excluding hydrogens is 284 g/mol. The van der Waals surface area contributed by atoms with Gasteiger partial charge in [0.15, 0.2) is 0 Å². The Morgan fingerprint density at radius 3 is 2.76 bits per heavy atom. The summed E-state index contributed by atoms with van der Waals surface area (Å²) in [5.41, 5.74) is 1.16. The van der Waals surface area contributed by atoms with Crippen molar-refractivity contribution in [2.75, 3.05) is 27.7 Å². The lowest BCUT2D eigenvalue weighted by molar-refractivity contribution is 0.211. The van der Waals surface area contributed by atoms with E-state index in [0.29, 0.717) is 6.54 Å². The van der Waals surface area contributed by atoms with E-state index in [0.717, 1.165) is 22.2 Å². The van der Waals surface area contributed by atoms with Crippen LogP contribution in [0.1, 0.15) is 5.56 Å². The van der Waals surface area contributed by atoms with Gasteiger partial charge >= 0.3 is 6.03 Å². The Balaban J connectivity index is 2.58. The van der Waals surface area contributed by atoms with Gasteiger partial charge in [0.1, 0.15) is 5.75 Å². The Labute approximate surface area is 110 Å². The lowest BCUT2D eigenvalue weighted by Crippen LogP contribution is -2.36. The summed E-state index contributed by atoms with van der Waals surface area (Å²) >= 11 is 3.44. The molecule has 1 aromatic rings. The first-order valence-corrected chi connectivity index (χ1v) is 6.13. The lowest BCUT2D eigenvalue weighted by atomic mass is 10.1. The first-order valence-electron chi connectivity index (χ1n) is 5.33. The van der Waals surface area contributed by atoms with Gasteiger partial charge < -0.3 is 15.0 Å². The summed E-state index contributed by atoms with van der Waals surface area (Å²) in [5, 5.41) is 2.59. The molecule has 0 unspecified atom stereocenters. The van der Waals surface area contributed by atoms with Crippen LogP contribution in [0.25, 0.3) is 0 Å². The first-order chi connectivity index (χ1) is 8.08. The first kappa shape index (κ1) is 13.8. The van der Waals surface area contributed by atoms with Crippen molar-refractivity contribution in [2.45, 2.75) is 6.42 Å². The van der Waals surface area contributed by atoms with Gasteiger partial charge in [-0.25, -0.2) is 4.79 Å². The van der Waals surface area contributed by atoms with Crippen LogP contribution in [0.5, 0.6) is 5.75 Å². The third-order valence-corrected chi connectivity index (χ3v) is 3.13. The largest absolute Gasteiger partial charge is 0.496 e. The second kappa shape index (κ2) is 6.49. The van der Waals surface area contributed by atoms with Gasteiger partial charge in [-0.1, -0.05) is 6.07 Å². The molecule has 4 nitrogen and oxygen atoms in total. The molecule has 94 valence electrons. The summed E-state index contributed by atoms with van der Waals surface area (Å²) in [6.07, 6.45) is 0.812. The maximum Gasteiger partial charge on any atom is 0.316 e. The quantitative estimate of drug-likeness (QED) is 0.927. The van der Waals surface area contributed by atoms with Crippen molar-refractivity contribution in [3.05, 3.63) is 28.2 Å². The van der Waals surface area contributed by atoms with Gasteiger partial charge in [-0.3, -0.25) is 0 Å². The van der Waals surface area contributed by atoms with Crippen LogP contribution < -0.4 is 10.1 Å². The minimum Gasteiger partial charge on any atom is -0.496 e.